The van der Waals surface area contributed by atoms with E-state index in [1.807, 2.05) is 34.6 Å². The number of carbonyl (C=O) groups is 1. The quantitative estimate of drug-likeness (QED) is 0.392. The van der Waals surface area contributed by atoms with Gasteiger partial charge < -0.3 is 0 Å². The number of hydrogen-bond donors (Lipinski definition) is 0. The van der Waals surface area contributed by atoms with Gasteiger partial charge in [-0.05, 0) is 26.3 Å². The molecule has 0 spiro atoms. The van der Waals surface area contributed by atoms with Crippen molar-refractivity contribution in [1.82, 2.24) is 0 Å². The molecule has 0 rings (SSSR count). The Balaban J connectivity index is 0. The fourth-order valence-electron chi connectivity index (χ4n) is 0.118. The van der Waals surface area contributed by atoms with E-state index in [1.165, 1.54) is 0 Å². The highest BCUT2D eigenvalue weighted by Gasteiger charge is 1.83. The van der Waals surface area contributed by atoms with E-state index in [-0.39, 0.29) is 0 Å². The molecule has 54 valence electrons. The molecule has 0 fully saturated rings. The highest BCUT2D eigenvalue weighted by atomic mass is 16.1. The smallest absolute Gasteiger partial charge is 0.145 e. The molecular weight excluding hydrogens is 112 g/mol. The SMILES string of the molecule is CC.CC(C)=C(C)C=O. The predicted octanol–water partition coefficient (Wildman–Crippen LogP) is 2.57. The summed E-state index contributed by atoms with van der Waals surface area (Å²) in [5.74, 6) is 0. The summed E-state index contributed by atoms with van der Waals surface area (Å²) in [6.07, 6.45) is 0.870. The van der Waals surface area contributed by atoms with Crippen LogP contribution >= 0.6 is 0 Å². The third kappa shape index (κ3) is 7.41. The minimum Gasteiger partial charge on any atom is -0.298 e. The van der Waals surface area contributed by atoms with Crippen molar-refractivity contribution in [3.63, 3.8) is 0 Å². The molecule has 0 aromatic carbocycles. The van der Waals surface area contributed by atoms with Crippen LogP contribution in [0.2, 0.25) is 0 Å². The number of aldehydes is 1. The molecule has 0 bridgehead atoms. The topological polar surface area (TPSA) is 17.1 Å². The Morgan fingerprint density at radius 3 is 1.44 bits per heavy atom. The van der Waals surface area contributed by atoms with Crippen molar-refractivity contribution >= 4 is 6.29 Å². The van der Waals surface area contributed by atoms with Gasteiger partial charge in [-0.15, -0.1) is 0 Å². The van der Waals surface area contributed by atoms with E-state index < -0.39 is 0 Å². The summed E-state index contributed by atoms with van der Waals surface area (Å²) >= 11 is 0. The summed E-state index contributed by atoms with van der Waals surface area (Å²) in [5, 5.41) is 0. The van der Waals surface area contributed by atoms with Gasteiger partial charge in [0.1, 0.15) is 6.29 Å². The Hall–Kier alpha value is -0.590. The summed E-state index contributed by atoms with van der Waals surface area (Å²) in [5.41, 5.74) is 1.93. The number of allylic oxidation sites excluding steroid dienone is 2. The van der Waals surface area contributed by atoms with Crippen LogP contribution in [0.3, 0.4) is 0 Å². The molecule has 0 aromatic heterocycles. The molecule has 1 heteroatoms. The van der Waals surface area contributed by atoms with Crippen LogP contribution in [0.5, 0.6) is 0 Å². The average Bonchev–Trinajstić information content (AvgIpc) is 1.91. The molecule has 1 nitrogen and oxygen atoms in total. The Bertz CT molecular complexity index is 97.1. The van der Waals surface area contributed by atoms with E-state index in [4.69, 9.17) is 0 Å². The molecule has 0 atom stereocenters. The maximum atomic E-state index is 9.89. The molecule has 0 radical (unpaired) electrons. The first-order valence-electron chi connectivity index (χ1n) is 3.27. The summed E-state index contributed by atoms with van der Waals surface area (Å²) < 4.78 is 0. The van der Waals surface area contributed by atoms with Crippen LogP contribution in [0.15, 0.2) is 11.1 Å². The van der Waals surface area contributed by atoms with Crippen LogP contribution in [0.25, 0.3) is 0 Å². The highest BCUT2D eigenvalue weighted by Crippen LogP contribution is 1.95. The highest BCUT2D eigenvalue weighted by molar-refractivity contribution is 5.73. The molecule has 0 saturated heterocycles. The van der Waals surface area contributed by atoms with Gasteiger partial charge in [0.2, 0.25) is 0 Å². The zero-order chi connectivity index (χ0) is 7.86. The van der Waals surface area contributed by atoms with Crippen LogP contribution < -0.4 is 0 Å². The molecule has 0 N–H and O–H groups in total. The van der Waals surface area contributed by atoms with Gasteiger partial charge in [0.15, 0.2) is 0 Å². The molecule has 0 saturated carbocycles. The van der Waals surface area contributed by atoms with Crippen molar-refractivity contribution in [2.75, 3.05) is 0 Å². The predicted molar refractivity (Wildman–Crippen MR) is 41.5 cm³/mol. The Morgan fingerprint density at radius 2 is 1.44 bits per heavy atom. The number of carbonyl (C=O) groups excluding carboxylic acids is 1. The monoisotopic (exact) mass is 128 g/mol. The van der Waals surface area contributed by atoms with E-state index in [1.54, 1.807) is 0 Å². The lowest BCUT2D eigenvalue weighted by molar-refractivity contribution is -0.104. The minimum atomic E-state index is 0.833. The lowest BCUT2D eigenvalue weighted by Gasteiger charge is -1.86. The molecule has 0 unspecified atom stereocenters. The zero-order valence-corrected chi connectivity index (χ0v) is 6.99. The molecule has 0 aliphatic rings. The second-order valence-corrected chi connectivity index (χ2v) is 1.80. The lowest BCUT2D eigenvalue weighted by atomic mass is 10.2. The fourth-order valence-corrected chi connectivity index (χ4v) is 0.118. The standard InChI is InChI=1S/C6H10O.C2H6/c1-5(2)6(3)4-7;1-2/h4H,1-3H3;1-2H3. The van der Waals surface area contributed by atoms with Gasteiger partial charge in [-0.3, -0.25) is 4.79 Å². The molecule has 9 heavy (non-hydrogen) atoms. The molecule has 0 aliphatic carbocycles. The molecule has 0 aliphatic heterocycles. The van der Waals surface area contributed by atoms with Crippen LogP contribution in [0.1, 0.15) is 34.6 Å². The van der Waals surface area contributed by atoms with Crippen LogP contribution in [0.4, 0.5) is 0 Å². The van der Waals surface area contributed by atoms with Crippen molar-refractivity contribution < 1.29 is 4.79 Å². The Kier molecular flexibility index (Phi) is 9.25. The summed E-state index contributed by atoms with van der Waals surface area (Å²) in [7, 11) is 0. The van der Waals surface area contributed by atoms with E-state index in [0.29, 0.717) is 0 Å². The van der Waals surface area contributed by atoms with E-state index in [0.717, 1.165) is 17.4 Å². The van der Waals surface area contributed by atoms with Crippen molar-refractivity contribution in [3.8, 4) is 0 Å². The molecule has 0 amide bonds. The van der Waals surface area contributed by atoms with E-state index in [2.05, 4.69) is 0 Å². The maximum absolute atomic E-state index is 9.89. The second-order valence-electron chi connectivity index (χ2n) is 1.80. The summed E-state index contributed by atoms with van der Waals surface area (Å²) in [6, 6.07) is 0. The fraction of sp³-hybridized carbons (Fsp3) is 0.625. The second kappa shape index (κ2) is 7.41. The molecular formula is C8H16O. The van der Waals surface area contributed by atoms with Gasteiger partial charge in [-0.2, -0.15) is 0 Å². The molecule has 0 heterocycles. The van der Waals surface area contributed by atoms with Gasteiger partial charge in [-0.1, -0.05) is 19.4 Å². The number of hydrogen-bond acceptors (Lipinski definition) is 1. The van der Waals surface area contributed by atoms with Crippen molar-refractivity contribution in [3.05, 3.63) is 11.1 Å². The first kappa shape index (κ1) is 11.2. The van der Waals surface area contributed by atoms with Gasteiger partial charge in [0, 0.05) is 0 Å². The first-order chi connectivity index (χ1) is 4.18. The maximum Gasteiger partial charge on any atom is 0.145 e. The lowest BCUT2D eigenvalue weighted by Crippen LogP contribution is -1.77. The van der Waals surface area contributed by atoms with Crippen LogP contribution in [0, 0.1) is 0 Å². The third-order valence-electron chi connectivity index (χ3n) is 0.965. The Labute approximate surface area is 57.8 Å². The van der Waals surface area contributed by atoms with E-state index >= 15 is 0 Å². The van der Waals surface area contributed by atoms with Gasteiger partial charge in [-0.25, -0.2) is 0 Å². The minimum absolute atomic E-state index is 0.833. The van der Waals surface area contributed by atoms with Gasteiger partial charge in [0.25, 0.3) is 0 Å². The van der Waals surface area contributed by atoms with Crippen molar-refractivity contribution in [1.29, 1.82) is 0 Å². The van der Waals surface area contributed by atoms with Crippen molar-refractivity contribution in [2.24, 2.45) is 0 Å². The molecule has 0 aromatic rings. The number of rotatable bonds is 1. The van der Waals surface area contributed by atoms with Gasteiger partial charge in [0.05, 0.1) is 0 Å². The first-order valence-corrected chi connectivity index (χ1v) is 3.27. The van der Waals surface area contributed by atoms with Crippen LogP contribution in [-0.2, 0) is 4.79 Å². The zero-order valence-electron chi connectivity index (χ0n) is 6.99. The van der Waals surface area contributed by atoms with Crippen molar-refractivity contribution in [2.45, 2.75) is 34.6 Å². The summed E-state index contributed by atoms with van der Waals surface area (Å²) in [6.45, 7) is 9.65. The summed E-state index contributed by atoms with van der Waals surface area (Å²) in [4.78, 5) is 9.89. The van der Waals surface area contributed by atoms with Crippen LogP contribution in [-0.4, -0.2) is 6.29 Å². The third-order valence-corrected chi connectivity index (χ3v) is 0.965. The largest absolute Gasteiger partial charge is 0.298 e. The average molecular weight is 128 g/mol. The van der Waals surface area contributed by atoms with E-state index in [9.17, 15) is 4.79 Å². The normalized spacial score (nSPS) is 6.78. The van der Waals surface area contributed by atoms with Gasteiger partial charge >= 0.3 is 0 Å². The Morgan fingerprint density at radius 1 is 1.11 bits per heavy atom.